The van der Waals surface area contributed by atoms with Gasteiger partial charge in [-0.1, -0.05) is 36.4 Å². The molecular formula is C16H14F2O. The molecule has 3 heteroatoms. The van der Waals surface area contributed by atoms with Crippen LogP contribution in [0, 0.1) is 11.6 Å². The smallest absolute Gasteiger partial charge is 0.137 e. The predicted octanol–water partition coefficient (Wildman–Crippen LogP) is 3.88. The summed E-state index contributed by atoms with van der Waals surface area (Å²) in [6, 6.07) is 12.8. The van der Waals surface area contributed by atoms with E-state index >= 15 is 0 Å². The molecule has 0 saturated heterocycles. The second-order valence-electron chi connectivity index (χ2n) is 4.48. The van der Waals surface area contributed by atoms with Crippen LogP contribution in [0.5, 0.6) is 0 Å². The van der Waals surface area contributed by atoms with E-state index in [1.54, 1.807) is 12.1 Å². The average molecular weight is 260 g/mol. The minimum atomic E-state index is -0.609. The second-order valence-corrected chi connectivity index (χ2v) is 4.48. The third-order valence-electron chi connectivity index (χ3n) is 3.16. The molecule has 0 fully saturated rings. The SMILES string of the molecule is CC(=O)C(Cc1c(F)cccc1F)c1ccccc1. The summed E-state index contributed by atoms with van der Waals surface area (Å²) in [6.45, 7) is 1.44. The Morgan fingerprint density at radius 2 is 1.58 bits per heavy atom. The van der Waals surface area contributed by atoms with Gasteiger partial charge < -0.3 is 0 Å². The molecule has 19 heavy (non-hydrogen) atoms. The Labute approximate surface area is 110 Å². The summed E-state index contributed by atoms with van der Waals surface area (Å²) in [5.41, 5.74) is 0.740. The summed E-state index contributed by atoms with van der Waals surface area (Å²) in [4.78, 5) is 11.7. The molecule has 0 saturated carbocycles. The zero-order valence-corrected chi connectivity index (χ0v) is 10.6. The van der Waals surface area contributed by atoms with E-state index in [-0.39, 0.29) is 17.8 Å². The van der Waals surface area contributed by atoms with Gasteiger partial charge in [0.15, 0.2) is 0 Å². The first-order chi connectivity index (χ1) is 9.09. The number of hydrogen-bond acceptors (Lipinski definition) is 1. The first kappa shape index (κ1) is 13.4. The quantitative estimate of drug-likeness (QED) is 0.815. The number of rotatable bonds is 4. The van der Waals surface area contributed by atoms with Gasteiger partial charge in [0.2, 0.25) is 0 Å². The van der Waals surface area contributed by atoms with Crippen LogP contribution in [-0.4, -0.2) is 5.78 Å². The van der Waals surface area contributed by atoms with Crippen molar-refractivity contribution in [1.82, 2.24) is 0 Å². The van der Waals surface area contributed by atoms with E-state index in [0.29, 0.717) is 0 Å². The zero-order valence-electron chi connectivity index (χ0n) is 10.6. The Morgan fingerprint density at radius 1 is 1.00 bits per heavy atom. The molecule has 0 aliphatic carbocycles. The van der Waals surface area contributed by atoms with E-state index in [0.717, 1.165) is 5.56 Å². The first-order valence-corrected chi connectivity index (χ1v) is 6.08. The summed E-state index contributed by atoms with van der Waals surface area (Å²) >= 11 is 0. The molecule has 98 valence electrons. The van der Waals surface area contributed by atoms with E-state index < -0.39 is 17.6 Å². The maximum atomic E-state index is 13.6. The summed E-state index contributed by atoms with van der Waals surface area (Å²) in [5.74, 6) is -1.84. The number of hydrogen-bond donors (Lipinski definition) is 0. The lowest BCUT2D eigenvalue weighted by Crippen LogP contribution is -2.14. The van der Waals surface area contributed by atoms with Crippen LogP contribution < -0.4 is 0 Å². The molecule has 0 radical (unpaired) electrons. The molecular weight excluding hydrogens is 246 g/mol. The van der Waals surface area contributed by atoms with Gasteiger partial charge in [0.1, 0.15) is 17.4 Å². The third-order valence-corrected chi connectivity index (χ3v) is 3.16. The van der Waals surface area contributed by atoms with Crippen molar-refractivity contribution in [2.45, 2.75) is 19.3 Å². The summed E-state index contributed by atoms with van der Waals surface area (Å²) in [5, 5.41) is 0. The van der Waals surface area contributed by atoms with Gasteiger partial charge in [0.05, 0.1) is 0 Å². The van der Waals surface area contributed by atoms with Gasteiger partial charge in [-0.25, -0.2) is 8.78 Å². The molecule has 1 unspecified atom stereocenters. The van der Waals surface area contributed by atoms with E-state index in [4.69, 9.17) is 0 Å². The van der Waals surface area contributed by atoms with Crippen molar-refractivity contribution in [3.05, 3.63) is 71.3 Å². The maximum absolute atomic E-state index is 13.6. The number of carbonyl (C=O) groups excluding carboxylic acids is 1. The Balaban J connectivity index is 2.35. The van der Waals surface area contributed by atoms with E-state index in [1.165, 1.54) is 25.1 Å². The third kappa shape index (κ3) is 3.05. The van der Waals surface area contributed by atoms with Crippen molar-refractivity contribution in [2.24, 2.45) is 0 Å². The van der Waals surface area contributed by atoms with E-state index in [1.807, 2.05) is 18.2 Å². The molecule has 1 atom stereocenters. The fourth-order valence-corrected chi connectivity index (χ4v) is 2.11. The van der Waals surface area contributed by atoms with Crippen LogP contribution >= 0.6 is 0 Å². The lowest BCUT2D eigenvalue weighted by molar-refractivity contribution is -0.118. The standard InChI is InChI=1S/C16H14F2O/c1-11(19)13(12-6-3-2-4-7-12)10-14-15(17)8-5-9-16(14)18/h2-9,13H,10H2,1H3. The molecule has 0 spiro atoms. The fraction of sp³-hybridized carbons (Fsp3) is 0.188. The van der Waals surface area contributed by atoms with Gasteiger partial charge in [0, 0.05) is 11.5 Å². The van der Waals surface area contributed by atoms with E-state index in [2.05, 4.69) is 0 Å². The molecule has 0 aliphatic heterocycles. The Morgan fingerprint density at radius 3 is 2.11 bits per heavy atom. The molecule has 0 N–H and O–H groups in total. The van der Waals surface area contributed by atoms with Gasteiger partial charge >= 0.3 is 0 Å². The number of Topliss-reactive ketones (excluding diaryl/α,β-unsaturated/α-hetero) is 1. The minimum Gasteiger partial charge on any atom is -0.299 e. The van der Waals surface area contributed by atoms with Crippen molar-refractivity contribution >= 4 is 5.78 Å². The lowest BCUT2D eigenvalue weighted by atomic mass is 9.89. The normalized spacial score (nSPS) is 12.2. The van der Waals surface area contributed by atoms with Crippen molar-refractivity contribution in [1.29, 1.82) is 0 Å². The van der Waals surface area contributed by atoms with E-state index in [9.17, 15) is 13.6 Å². The van der Waals surface area contributed by atoms with Gasteiger partial charge in [-0.3, -0.25) is 4.79 Å². The van der Waals surface area contributed by atoms with Crippen molar-refractivity contribution in [3.8, 4) is 0 Å². The van der Waals surface area contributed by atoms with Gasteiger partial charge in [0.25, 0.3) is 0 Å². The molecule has 0 heterocycles. The van der Waals surface area contributed by atoms with Crippen LogP contribution in [0.3, 0.4) is 0 Å². The van der Waals surface area contributed by atoms with Crippen LogP contribution in [0.25, 0.3) is 0 Å². The maximum Gasteiger partial charge on any atom is 0.137 e. The van der Waals surface area contributed by atoms with Crippen molar-refractivity contribution in [2.75, 3.05) is 0 Å². The molecule has 0 amide bonds. The lowest BCUT2D eigenvalue weighted by Gasteiger charge is -2.15. The topological polar surface area (TPSA) is 17.1 Å². The van der Waals surface area contributed by atoms with Gasteiger partial charge in [-0.15, -0.1) is 0 Å². The molecule has 0 bridgehead atoms. The second kappa shape index (κ2) is 5.74. The minimum absolute atomic E-state index is 0.0356. The highest BCUT2D eigenvalue weighted by Crippen LogP contribution is 2.24. The highest BCUT2D eigenvalue weighted by molar-refractivity contribution is 5.83. The molecule has 2 aromatic rings. The zero-order chi connectivity index (χ0) is 13.8. The molecule has 2 aromatic carbocycles. The summed E-state index contributed by atoms with van der Waals surface area (Å²) < 4.78 is 27.3. The number of benzene rings is 2. The first-order valence-electron chi connectivity index (χ1n) is 6.08. The predicted molar refractivity (Wildman–Crippen MR) is 69.9 cm³/mol. The average Bonchev–Trinajstić information content (AvgIpc) is 2.39. The van der Waals surface area contributed by atoms with Crippen LogP contribution in [0.15, 0.2) is 48.5 Å². The molecule has 0 aromatic heterocycles. The molecule has 1 nitrogen and oxygen atoms in total. The molecule has 2 rings (SSSR count). The number of carbonyl (C=O) groups is 1. The van der Waals surface area contributed by atoms with Gasteiger partial charge in [-0.2, -0.15) is 0 Å². The summed E-state index contributed by atoms with van der Waals surface area (Å²) in [7, 11) is 0. The number of ketones is 1. The fourth-order valence-electron chi connectivity index (χ4n) is 2.11. The van der Waals surface area contributed by atoms with Crippen LogP contribution in [0.4, 0.5) is 8.78 Å². The highest BCUT2D eigenvalue weighted by atomic mass is 19.1. The Kier molecular flexibility index (Phi) is 4.05. The monoisotopic (exact) mass is 260 g/mol. The number of halogens is 2. The van der Waals surface area contributed by atoms with Crippen LogP contribution in [-0.2, 0) is 11.2 Å². The van der Waals surface area contributed by atoms with Gasteiger partial charge in [-0.05, 0) is 31.0 Å². The van der Waals surface area contributed by atoms with Crippen LogP contribution in [0.1, 0.15) is 24.0 Å². The Hall–Kier alpha value is -2.03. The molecule has 0 aliphatic rings. The van der Waals surface area contributed by atoms with Crippen molar-refractivity contribution < 1.29 is 13.6 Å². The summed E-state index contributed by atoms with van der Waals surface area (Å²) in [6.07, 6.45) is 0.0395. The van der Waals surface area contributed by atoms with Crippen LogP contribution in [0.2, 0.25) is 0 Å². The Bertz CT molecular complexity index is 558. The largest absolute Gasteiger partial charge is 0.299 e. The van der Waals surface area contributed by atoms with Crippen molar-refractivity contribution in [3.63, 3.8) is 0 Å². The highest BCUT2D eigenvalue weighted by Gasteiger charge is 2.21.